The zero-order chi connectivity index (χ0) is 34.7. The van der Waals surface area contributed by atoms with Crippen molar-refractivity contribution in [3.8, 4) is 22.3 Å². The minimum absolute atomic E-state index is 0.283. The standard InChI is InChI=1S/C48H38N2OS/c1-3-13-35(14-4-1)47-43(50-36-15-5-2-6-16-36)21-12-24-46(47)52-45-23-10-8-17-39(45)33-25-29-37(30-26-33)49-38-31-27-34(28-32-38)40-19-11-20-42-41-18-7-9-22-44(41)51-48(40)42/h1-8,10-21,24-32,45,49-50H,9,22-23H2/t45-/m1/s1. The van der Waals surface area contributed by atoms with Gasteiger partial charge >= 0.3 is 0 Å². The molecule has 6 aromatic carbocycles. The lowest BCUT2D eigenvalue weighted by Crippen LogP contribution is -2.08. The summed E-state index contributed by atoms with van der Waals surface area (Å²) >= 11 is 1.94. The van der Waals surface area contributed by atoms with Gasteiger partial charge in [0.2, 0.25) is 0 Å². The van der Waals surface area contributed by atoms with Crippen molar-refractivity contribution in [1.29, 1.82) is 0 Å². The molecule has 3 nitrogen and oxygen atoms in total. The maximum absolute atomic E-state index is 6.38. The molecule has 2 N–H and O–H groups in total. The minimum Gasteiger partial charge on any atom is -0.460 e. The van der Waals surface area contributed by atoms with E-state index in [2.05, 4.69) is 181 Å². The summed E-state index contributed by atoms with van der Waals surface area (Å²) in [7, 11) is 0. The van der Waals surface area contributed by atoms with Crippen LogP contribution in [0.4, 0.5) is 22.7 Å². The van der Waals surface area contributed by atoms with E-state index in [-0.39, 0.29) is 5.25 Å². The first-order valence-electron chi connectivity index (χ1n) is 18.0. The highest BCUT2D eigenvalue weighted by Gasteiger charge is 2.22. The van der Waals surface area contributed by atoms with Crippen molar-refractivity contribution in [2.75, 3.05) is 10.6 Å². The van der Waals surface area contributed by atoms with Crippen LogP contribution in [0.15, 0.2) is 179 Å². The number of hydrogen-bond acceptors (Lipinski definition) is 4. The van der Waals surface area contributed by atoms with Crippen LogP contribution in [-0.2, 0) is 6.42 Å². The van der Waals surface area contributed by atoms with Crippen molar-refractivity contribution in [3.05, 3.63) is 187 Å². The van der Waals surface area contributed by atoms with Gasteiger partial charge in [0.25, 0.3) is 0 Å². The monoisotopic (exact) mass is 690 g/mol. The Morgan fingerprint density at radius 3 is 2.10 bits per heavy atom. The molecule has 52 heavy (non-hydrogen) atoms. The summed E-state index contributed by atoms with van der Waals surface area (Å²) in [6, 6.07) is 51.7. The topological polar surface area (TPSA) is 37.2 Å². The molecule has 1 atom stereocenters. The van der Waals surface area contributed by atoms with Gasteiger partial charge in [0.1, 0.15) is 11.3 Å². The van der Waals surface area contributed by atoms with Crippen LogP contribution in [0.3, 0.4) is 0 Å². The highest BCUT2D eigenvalue weighted by molar-refractivity contribution is 8.00. The first-order chi connectivity index (χ1) is 25.8. The Kier molecular flexibility index (Phi) is 8.82. The van der Waals surface area contributed by atoms with Crippen LogP contribution >= 0.6 is 11.8 Å². The Hall–Kier alpha value is -5.97. The van der Waals surface area contributed by atoms with Crippen LogP contribution in [0.25, 0.3) is 44.9 Å². The third kappa shape index (κ3) is 6.50. The van der Waals surface area contributed by atoms with Crippen molar-refractivity contribution < 1.29 is 4.42 Å². The number of fused-ring (bicyclic) bond motifs is 3. The fraction of sp³-hybridized carbons (Fsp3) is 0.0833. The van der Waals surface area contributed by atoms with E-state index < -0.39 is 0 Å². The van der Waals surface area contributed by atoms with Crippen LogP contribution in [0.2, 0.25) is 0 Å². The molecule has 2 aliphatic rings. The predicted octanol–water partition coefficient (Wildman–Crippen LogP) is 13.7. The van der Waals surface area contributed by atoms with Crippen LogP contribution < -0.4 is 10.6 Å². The van der Waals surface area contributed by atoms with Crippen LogP contribution in [0.5, 0.6) is 0 Å². The van der Waals surface area contributed by atoms with Crippen molar-refractivity contribution in [2.45, 2.75) is 29.4 Å². The molecule has 1 heterocycles. The highest BCUT2D eigenvalue weighted by atomic mass is 32.2. The second-order valence-electron chi connectivity index (χ2n) is 13.3. The molecule has 0 bridgehead atoms. The first kappa shape index (κ1) is 32.0. The van der Waals surface area contributed by atoms with Gasteiger partial charge in [-0.2, -0.15) is 0 Å². The van der Waals surface area contributed by atoms with Crippen molar-refractivity contribution in [1.82, 2.24) is 0 Å². The van der Waals surface area contributed by atoms with E-state index >= 15 is 0 Å². The number of para-hydroxylation sites is 2. The number of nitrogens with one attached hydrogen (secondary N) is 2. The molecular weight excluding hydrogens is 653 g/mol. The molecule has 0 saturated carbocycles. The van der Waals surface area contributed by atoms with Crippen LogP contribution in [0.1, 0.15) is 29.7 Å². The lowest BCUT2D eigenvalue weighted by Gasteiger charge is -2.24. The average molecular weight is 691 g/mol. The molecule has 0 radical (unpaired) electrons. The van der Waals surface area contributed by atoms with Gasteiger partial charge in [0.15, 0.2) is 0 Å². The van der Waals surface area contributed by atoms with E-state index in [4.69, 9.17) is 4.42 Å². The summed E-state index contributed by atoms with van der Waals surface area (Å²) in [4.78, 5) is 1.26. The molecule has 0 saturated heterocycles. The molecule has 4 heteroatoms. The van der Waals surface area contributed by atoms with Gasteiger partial charge in [-0.3, -0.25) is 0 Å². The van der Waals surface area contributed by atoms with Crippen LogP contribution in [-0.4, -0.2) is 5.25 Å². The van der Waals surface area contributed by atoms with E-state index in [1.54, 1.807) is 0 Å². The van der Waals surface area contributed by atoms with E-state index in [0.29, 0.717) is 0 Å². The number of anilines is 4. The molecule has 1 aromatic heterocycles. The van der Waals surface area contributed by atoms with E-state index in [0.717, 1.165) is 64.5 Å². The molecule has 0 spiro atoms. The van der Waals surface area contributed by atoms with Crippen LogP contribution in [0, 0.1) is 0 Å². The molecule has 0 fully saturated rings. The molecule has 252 valence electrons. The van der Waals surface area contributed by atoms with Gasteiger partial charge in [-0.1, -0.05) is 127 Å². The smallest absolute Gasteiger partial charge is 0.142 e. The SMILES string of the molecule is C1=CC[C@@H](Sc2cccc(Nc3ccccc3)c2-c2ccccc2)C(c2ccc(Nc3ccc(-c4cccc5c6c(oc45)CCC=C6)cc3)cc2)=C1. The molecule has 0 aliphatic heterocycles. The van der Waals surface area contributed by atoms with Gasteiger partial charge in [-0.25, -0.2) is 0 Å². The summed E-state index contributed by atoms with van der Waals surface area (Å²) in [6.45, 7) is 0. The number of thioether (sulfide) groups is 1. The second-order valence-corrected chi connectivity index (χ2v) is 14.5. The zero-order valence-electron chi connectivity index (χ0n) is 28.8. The number of rotatable bonds is 9. The summed E-state index contributed by atoms with van der Waals surface area (Å²) in [5.41, 5.74) is 13.8. The lowest BCUT2D eigenvalue weighted by molar-refractivity contribution is 0.547. The summed E-state index contributed by atoms with van der Waals surface area (Å²) in [5, 5.41) is 8.78. The van der Waals surface area contributed by atoms with Crippen molar-refractivity contribution in [2.24, 2.45) is 0 Å². The second kappa shape index (κ2) is 14.3. The van der Waals surface area contributed by atoms with Gasteiger partial charge in [-0.15, -0.1) is 11.8 Å². The molecule has 0 amide bonds. The number of furan rings is 1. The van der Waals surface area contributed by atoms with Gasteiger partial charge < -0.3 is 15.1 Å². The van der Waals surface area contributed by atoms with E-state index in [9.17, 15) is 0 Å². The molecular formula is C48H38N2OS. The minimum atomic E-state index is 0.283. The summed E-state index contributed by atoms with van der Waals surface area (Å²) < 4.78 is 6.38. The maximum atomic E-state index is 6.38. The van der Waals surface area contributed by atoms with Gasteiger partial charge in [-0.05, 0) is 83.6 Å². The van der Waals surface area contributed by atoms with Gasteiger partial charge in [0, 0.05) is 61.4 Å². The number of hydrogen-bond donors (Lipinski definition) is 2. The highest BCUT2D eigenvalue weighted by Crippen LogP contribution is 2.45. The van der Waals surface area contributed by atoms with Gasteiger partial charge in [0.05, 0.1) is 0 Å². The molecule has 7 aromatic rings. The Morgan fingerprint density at radius 1 is 0.596 bits per heavy atom. The van der Waals surface area contributed by atoms with Crippen molar-refractivity contribution >= 4 is 57.1 Å². The third-order valence-corrected chi connectivity index (χ3v) is 11.2. The third-order valence-electron chi connectivity index (χ3n) is 9.88. The number of aryl methyl sites for hydroxylation is 1. The quantitative estimate of drug-likeness (QED) is 0.158. The number of allylic oxidation sites excluding steroid dienone is 4. The fourth-order valence-corrected chi connectivity index (χ4v) is 8.67. The Bertz CT molecular complexity index is 2440. The fourth-order valence-electron chi connectivity index (χ4n) is 7.31. The zero-order valence-corrected chi connectivity index (χ0v) is 29.6. The normalized spacial score (nSPS) is 14.9. The van der Waals surface area contributed by atoms with E-state index in [1.165, 1.54) is 38.1 Å². The van der Waals surface area contributed by atoms with Crippen molar-refractivity contribution in [3.63, 3.8) is 0 Å². The molecule has 9 rings (SSSR count). The Labute approximate surface area is 309 Å². The molecule has 2 aliphatic carbocycles. The Balaban J connectivity index is 0.935. The number of benzene rings is 6. The van der Waals surface area contributed by atoms with E-state index in [1.807, 2.05) is 17.8 Å². The maximum Gasteiger partial charge on any atom is 0.142 e. The average Bonchev–Trinajstić information content (AvgIpc) is 3.59. The lowest BCUT2D eigenvalue weighted by atomic mass is 9.96. The summed E-state index contributed by atoms with van der Waals surface area (Å²) in [5.74, 6) is 1.10. The first-order valence-corrected chi connectivity index (χ1v) is 18.9. The Morgan fingerprint density at radius 2 is 1.31 bits per heavy atom. The largest absolute Gasteiger partial charge is 0.460 e. The predicted molar refractivity (Wildman–Crippen MR) is 222 cm³/mol. The molecule has 0 unspecified atom stereocenters. The summed E-state index contributed by atoms with van der Waals surface area (Å²) in [6.07, 6.45) is 14.2.